The highest BCUT2D eigenvalue weighted by molar-refractivity contribution is 9.10. The second-order valence-electron chi connectivity index (χ2n) is 3.35. The van der Waals surface area contributed by atoms with E-state index in [0.29, 0.717) is 12.2 Å². The molecule has 0 unspecified atom stereocenters. The highest BCUT2D eigenvalue weighted by Crippen LogP contribution is 2.21. The van der Waals surface area contributed by atoms with Gasteiger partial charge in [-0.3, -0.25) is 4.68 Å². The summed E-state index contributed by atoms with van der Waals surface area (Å²) in [5.41, 5.74) is 6.17. The molecule has 0 spiro atoms. The fraction of sp³-hybridized carbons (Fsp3) is 0.200. The Morgan fingerprint density at radius 3 is 3.06 bits per heavy atom. The van der Waals surface area contributed by atoms with Crippen LogP contribution in [0.25, 0.3) is 0 Å². The van der Waals surface area contributed by atoms with Crippen molar-refractivity contribution < 1.29 is 9.53 Å². The summed E-state index contributed by atoms with van der Waals surface area (Å²) in [7, 11) is 1.30. The average Bonchev–Trinajstić information content (AvgIpc) is 2.85. The number of thiophene rings is 1. The van der Waals surface area contributed by atoms with E-state index in [9.17, 15) is 4.79 Å². The van der Waals surface area contributed by atoms with E-state index in [2.05, 4.69) is 25.8 Å². The number of esters is 1. The molecule has 0 fully saturated rings. The van der Waals surface area contributed by atoms with Crippen molar-refractivity contribution in [2.75, 3.05) is 12.8 Å². The number of anilines is 1. The fourth-order valence-electron chi connectivity index (χ4n) is 1.37. The van der Waals surface area contributed by atoms with Gasteiger partial charge >= 0.3 is 5.97 Å². The number of carbonyl (C=O) groups is 1. The monoisotopic (exact) mass is 315 g/mol. The molecular weight excluding hydrogens is 306 g/mol. The third kappa shape index (κ3) is 2.67. The molecule has 0 bridgehead atoms. The van der Waals surface area contributed by atoms with Gasteiger partial charge in [0, 0.05) is 20.9 Å². The molecule has 17 heavy (non-hydrogen) atoms. The standard InChI is InChI=1S/C10H10BrN3O2S/c1-16-10(15)9-8(12)4-14(13-9)3-7-2-6(11)5-17-7/h2,4-5H,3,12H2,1H3. The lowest BCUT2D eigenvalue weighted by molar-refractivity contribution is 0.0594. The Labute approximate surface area is 110 Å². The number of hydrogen-bond acceptors (Lipinski definition) is 5. The van der Waals surface area contributed by atoms with Gasteiger partial charge in [0.25, 0.3) is 0 Å². The first-order chi connectivity index (χ1) is 8.10. The highest BCUT2D eigenvalue weighted by atomic mass is 79.9. The zero-order chi connectivity index (χ0) is 12.4. The van der Waals surface area contributed by atoms with E-state index in [4.69, 9.17) is 5.73 Å². The quantitative estimate of drug-likeness (QED) is 0.881. The maximum absolute atomic E-state index is 11.3. The summed E-state index contributed by atoms with van der Waals surface area (Å²) in [5.74, 6) is -0.520. The van der Waals surface area contributed by atoms with E-state index >= 15 is 0 Å². The van der Waals surface area contributed by atoms with Crippen LogP contribution in [0.3, 0.4) is 0 Å². The van der Waals surface area contributed by atoms with Crippen molar-refractivity contribution in [3.8, 4) is 0 Å². The number of methoxy groups -OCH3 is 1. The van der Waals surface area contributed by atoms with Gasteiger partial charge in [-0.1, -0.05) is 0 Å². The van der Waals surface area contributed by atoms with Gasteiger partial charge < -0.3 is 10.5 Å². The van der Waals surface area contributed by atoms with E-state index in [0.717, 1.165) is 9.35 Å². The van der Waals surface area contributed by atoms with E-state index in [1.807, 2.05) is 11.4 Å². The molecule has 0 atom stereocenters. The Morgan fingerprint density at radius 2 is 2.47 bits per heavy atom. The van der Waals surface area contributed by atoms with Crippen LogP contribution in [0.15, 0.2) is 22.1 Å². The highest BCUT2D eigenvalue weighted by Gasteiger charge is 2.15. The summed E-state index contributed by atoms with van der Waals surface area (Å²) in [6.45, 7) is 0.581. The minimum absolute atomic E-state index is 0.156. The Balaban J connectivity index is 2.20. The van der Waals surface area contributed by atoms with E-state index < -0.39 is 5.97 Å². The number of rotatable bonds is 3. The van der Waals surface area contributed by atoms with Crippen molar-refractivity contribution in [2.45, 2.75) is 6.54 Å². The summed E-state index contributed by atoms with van der Waals surface area (Å²) in [6, 6.07) is 2.00. The van der Waals surface area contributed by atoms with Crippen LogP contribution in [0, 0.1) is 0 Å². The summed E-state index contributed by atoms with van der Waals surface area (Å²) in [6.07, 6.45) is 1.62. The molecule has 2 aromatic heterocycles. The molecule has 0 aliphatic carbocycles. The molecule has 0 radical (unpaired) electrons. The molecule has 2 aromatic rings. The van der Waals surface area contributed by atoms with Crippen LogP contribution >= 0.6 is 27.3 Å². The number of carbonyl (C=O) groups excluding carboxylic acids is 1. The lowest BCUT2D eigenvalue weighted by Crippen LogP contribution is -2.06. The van der Waals surface area contributed by atoms with Crippen LogP contribution in [0.5, 0.6) is 0 Å². The van der Waals surface area contributed by atoms with Crippen molar-refractivity contribution in [1.82, 2.24) is 9.78 Å². The normalized spacial score (nSPS) is 10.5. The maximum Gasteiger partial charge on any atom is 0.360 e. The maximum atomic E-state index is 11.3. The predicted octanol–water partition coefficient (Wildman–Crippen LogP) is 2.12. The number of halogens is 1. The molecular formula is C10H10BrN3O2S. The Bertz CT molecular complexity index is 549. The van der Waals surface area contributed by atoms with Crippen LogP contribution in [0.2, 0.25) is 0 Å². The third-order valence-electron chi connectivity index (χ3n) is 2.11. The van der Waals surface area contributed by atoms with Gasteiger partial charge in [0.15, 0.2) is 5.69 Å². The van der Waals surface area contributed by atoms with Crippen molar-refractivity contribution in [3.05, 3.63) is 32.7 Å². The molecule has 2 N–H and O–H groups in total. The number of hydrogen-bond donors (Lipinski definition) is 1. The summed E-state index contributed by atoms with van der Waals surface area (Å²) < 4.78 is 7.24. The molecule has 2 rings (SSSR count). The SMILES string of the molecule is COC(=O)c1nn(Cc2cc(Br)cs2)cc1N. The number of nitrogen functional groups attached to an aromatic ring is 1. The van der Waals surface area contributed by atoms with Gasteiger partial charge in [0.1, 0.15) is 0 Å². The van der Waals surface area contributed by atoms with Crippen LogP contribution in [0.4, 0.5) is 5.69 Å². The molecule has 0 amide bonds. The molecule has 0 saturated heterocycles. The van der Waals surface area contributed by atoms with Crippen LogP contribution < -0.4 is 5.73 Å². The zero-order valence-corrected chi connectivity index (χ0v) is 11.4. The first kappa shape index (κ1) is 12.1. The molecule has 90 valence electrons. The number of nitrogens with zero attached hydrogens (tertiary/aromatic N) is 2. The van der Waals surface area contributed by atoms with Gasteiger partial charge in [0.2, 0.25) is 0 Å². The van der Waals surface area contributed by atoms with Gasteiger partial charge in [0.05, 0.1) is 19.3 Å². The van der Waals surface area contributed by atoms with Crippen LogP contribution in [0.1, 0.15) is 15.4 Å². The molecule has 0 saturated carbocycles. The van der Waals surface area contributed by atoms with E-state index in [1.165, 1.54) is 7.11 Å². The fourth-order valence-corrected chi connectivity index (χ4v) is 2.81. The minimum Gasteiger partial charge on any atom is -0.464 e. The molecule has 0 aliphatic heterocycles. The Kier molecular flexibility index (Phi) is 3.49. The molecule has 5 nitrogen and oxygen atoms in total. The predicted molar refractivity (Wildman–Crippen MR) is 69.1 cm³/mol. The van der Waals surface area contributed by atoms with Crippen molar-refractivity contribution in [2.24, 2.45) is 0 Å². The van der Waals surface area contributed by atoms with Gasteiger partial charge in [-0.05, 0) is 22.0 Å². The lowest BCUT2D eigenvalue weighted by Gasteiger charge is -1.97. The molecule has 7 heteroatoms. The van der Waals surface area contributed by atoms with Crippen molar-refractivity contribution in [1.29, 1.82) is 0 Å². The van der Waals surface area contributed by atoms with Gasteiger partial charge in [-0.25, -0.2) is 4.79 Å². The average molecular weight is 316 g/mol. The number of nitrogens with two attached hydrogens (primary N) is 1. The second-order valence-corrected chi connectivity index (χ2v) is 5.26. The van der Waals surface area contributed by atoms with E-state index in [-0.39, 0.29) is 5.69 Å². The lowest BCUT2D eigenvalue weighted by atomic mass is 10.4. The van der Waals surface area contributed by atoms with E-state index in [1.54, 1.807) is 22.2 Å². The van der Waals surface area contributed by atoms with Crippen LogP contribution in [-0.2, 0) is 11.3 Å². The number of ether oxygens (including phenoxy) is 1. The van der Waals surface area contributed by atoms with Gasteiger partial charge in [-0.15, -0.1) is 11.3 Å². The summed E-state index contributed by atoms with van der Waals surface area (Å²) in [4.78, 5) is 12.4. The first-order valence-corrected chi connectivity index (χ1v) is 6.41. The molecule has 0 aromatic carbocycles. The Hall–Kier alpha value is -1.34. The third-order valence-corrected chi connectivity index (χ3v) is 3.79. The smallest absolute Gasteiger partial charge is 0.360 e. The topological polar surface area (TPSA) is 70.1 Å². The number of aromatic nitrogens is 2. The molecule has 0 aliphatic rings. The zero-order valence-electron chi connectivity index (χ0n) is 9.01. The summed E-state index contributed by atoms with van der Waals surface area (Å²) >= 11 is 4.99. The molecule has 2 heterocycles. The Morgan fingerprint density at radius 1 is 1.71 bits per heavy atom. The second kappa shape index (κ2) is 4.89. The largest absolute Gasteiger partial charge is 0.464 e. The van der Waals surface area contributed by atoms with Crippen molar-refractivity contribution in [3.63, 3.8) is 0 Å². The minimum atomic E-state index is -0.520. The van der Waals surface area contributed by atoms with Gasteiger partial charge in [-0.2, -0.15) is 5.10 Å². The summed E-state index contributed by atoms with van der Waals surface area (Å²) in [5, 5.41) is 6.08. The van der Waals surface area contributed by atoms with Crippen molar-refractivity contribution >= 4 is 38.9 Å². The van der Waals surface area contributed by atoms with Crippen LogP contribution in [-0.4, -0.2) is 22.9 Å². The first-order valence-electron chi connectivity index (χ1n) is 4.74.